The molecule has 0 aliphatic rings. The highest BCUT2D eigenvalue weighted by atomic mass is 16.5. The zero-order valence-electron chi connectivity index (χ0n) is 10.5. The summed E-state index contributed by atoms with van der Waals surface area (Å²) in [6, 6.07) is 5.22. The Bertz CT molecular complexity index is 412. The molecule has 4 heteroatoms. The number of carbonyl (C=O) groups is 1. The molecule has 0 bridgehead atoms. The van der Waals surface area contributed by atoms with Crippen LogP contribution in [0.15, 0.2) is 29.8 Å². The molecule has 17 heavy (non-hydrogen) atoms. The Morgan fingerprint density at radius 2 is 1.65 bits per heavy atom. The summed E-state index contributed by atoms with van der Waals surface area (Å²) >= 11 is 0. The Labute approximate surface area is 101 Å². The van der Waals surface area contributed by atoms with Crippen LogP contribution in [0.5, 0.6) is 11.5 Å². The van der Waals surface area contributed by atoms with Crippen molar-refractivity contribution in [2.24, 2.45) is 0 Å². The molecule has 92 valence electrons. The summed E-state index contributed by atoms with van der Waals surface area (Å²) in [4.78, 5) is 11.6. The second kappa shape index (κ2) is 5.94. The van der Waals surface area contributed by atoms with E-state index in [1.54, 1.807) is 32.4 Å². The summed E-state index contributed by atoms with van der Waals surface area (Å²) in [5.74, 6) is 1.11. The van der Waals surface area contributed by atoms with Gasteiger partial charge in [0.1, 0.15) is 11.5 Å². The van der Waals surface area contributed by atoms with E-state index in [-0.39, 0.29) is 5.91 Å². The van der Waals surface area contributed by atoms with Gasteiger partial charge in [-0.15, -0.1) is 0 Å². The number of benzene rings is 1. The maximum atomic E-state index is 11.6. The first-order chi connectivity index (χ1) is 8.05. The highest BCUT2D eigenvalue weighted by Gasteiger charge is 2.04. The second-order valence-electron chi connectivity index (χ2n) is 3.81. The Morgan fingerprint density at radius 1 is 1.12 bits per heavy atom. The van der Waals surface area contributed by atoms with Gasteiger partial charge in [0.2, 0.25) is 5.91 Å². The van der Waals surface area contributed by atoms with Crippen molar-refractivity contribution in [3.63, 3.8) is 0 Å². The number of ether oxygens (including phenoxy) is 2. The van der Waals surface area contributed by atoms with Crippen molar-refractivity contribution < 1.29 is 14.3 Å². The fourth-order valence-electron chi connectivity index (χ4n) is 1.32. The average molecular weight is 235 g/mol. The van der Waals surface area contributed by atoms with Gasteiger partial charge in [0.25, 0.3) is 0 Å². The minimum Gasteiger partial charge on any atom is -0.497 e. The van der Waals surface area contributed by atoms with Crippen molar-refractivity contribution in [1.29, 1.82) is 0 Å². The molecule has 0 atom stereocenters. The lowest BCUT2D eigenvalue weighted by Gasteiger charge is -2.08. The zero-order chi connectivity index (χ0) is 12.8. The van der Waals surface area contributed by atoms with E-state index in [0.717, 1.165) is 5.57 Å². The van der Waals surface area contributed by atoms with Crippen LogP contribution in [-0.4, -0.2) is 20.1 Å². The highest BCUT2D eigenvalue weighted by molar-refractivity contribution is 5.99. The van der Waals surface area contributed by atoms with Gasteiger partial charge >= 0.3 is 0 Å². The number of allylic oxidation sites excluding steroid dienone is 1. The van der Waals surface area contributed by atoms with E-state index in [2.05, 4.69) is 5.32 Å². The van der Waals surface area contributed by atoms with Gasteiger partial charge in [-0.3, -0.25) is 4.79 Å². The predicted molar refractivity (Wildman–Crippen MR) is 67.6 cm³/mol. The Kier molecular flexibility index (Phi) is 4.57. The molecule has 0 unspecified atom stereocenters. The standard InChI is InChI=1S/C13H17NO3/c1-9(2)5-13(15)14-10-6-11(16-3)8-12(7-10)17-4/h5-8H,1-4H3,(H,14,15). The number of methoxy groups -OCH3 is 2. The summed E-state index contributed by atoms with van der Waals surface area (Å²) in [6.07, 6.45) is 1.53. The van der Waals surface area contributed by atoms with Gasteiger partial charge in [-0.2, -0.15) is 0 Å². The van der Waals surface area contributed by atoms with Crippen LogP contribution in [0.4, 0.5) is 5.69 Å². The zero-order valence-corrected chi connectivity index (χ0v) is 10.5. The van der Waals surface area contributed by atoms with Gasteiger partial charge in [-0.1, -0.05) is 5.57 Å². The molecule has 1 aromatic carbocycles. The highest BCUT2D eigenvalue weighted by Crippen LogP contribution is 2.25. The summed E-state index contributed by atoms with van der Waals surface area (Å²) in [5, 5.41) is 2.75. The van der Waals surface area contributed by atoms with Gasteiger partial charge in [0, 0.05) is 30.0 Å². The van der Waals surface area contributed by atoms with Gasteiger partial charge < -0.3 is 14.8 Å². The first-order valence-corrected chi connectivity index (χ1v) is 5.24. The number of nitrogens with one attached hydrogen (secondary N) is 1. The minimum atomic E-state index is -0.166. The molecule has 0 saturated carbocycles. The van der Waals surface area contributed by atoms with E-state index in [1.807, 2.05) is 13.8 Å². The lowest BCUT2D eigenvalue weighted by molar-refractivity contribution is -0.111. The first kappa shape index (κ1) is 13.1. The van der Waals surface area contributed by atoms with Crippen LogP contribution in [0, 0.1) is 0 Å². The molecule has 0 heterocycles. The quantitative estimate of drug-likeness (QED) is 0.816. The van der Waals surface area contributed by atoms with E-state index in [1.165, 1.54) is 6.08 Å². The molecule has 1 rings (SSSR count). The molecule has 4 nitrogen and oxygen atoms in total. The van der Waals surface area contributed by atoms with Gasteiger partial charge in [-0.05, 0) is 13.8 Å². The molecule has 0 aliphatic carbocycles. The van der Waals surface area contributed by atoms with E-state index in [4.69, 9.17) is 9.47 Å². The molecule has 0 spiro atoms. The summed E-state index contributed by atoms with van der Waals surface area (Å²) in [6.45, 7) is 3.73. The molecule has 0 saturated heterocycles. The number of hydrogen-bond donors (Lipinski definition) is 1. The molecule has 0 aromatic heterocycles. The Hall–Kier alpha value is -1.97. The number of amides is 1. The molecular weight excluding hydrogens is 218 g/mol. The summed E-state index contributed by atoms with van der Waals surface area (Å²) in [5.41, 5.74) is 1.58. The maximum absolute atomic E-state index is 11.6. The lowest BCUT2D eigenvalue weighted by atomic mass is 10.2. The minimum absolute atomic E-state index is 0.166. The van der Waals surface area contributed by atoms with E-state index in [0.29, 0.717) is 17.2 Å². The predicted octanol–water partition coefficient (Wildman–Crippen LogP) is 2.61. The normalized spacial score (nSPS) is 9.41. The lowest BCUT2D eigenvalue weighted by Crippen LogP contribution is -2.08. The van der Waals surface area contributed by atoms with Crippen molar-refractivity contribution in [2.45, 2.75) is 13.8 Å². The number of hydrogen-bond acceptors (Lipinski definition) is 3. The van der Waals surface area contributed by atoms with E-state index >= 15 is 0 Å². The fourth-order valence-corrected chi connectivity index (χ4v) is 1.32. The van der Waals surface area contributed by atoms with E-state index < -0.39 is 0 Å². The van der Waals surface area contributed by atoms with Crippen LogP contribution in [0.2, 0.25) is 0 Å². The molecule has 1 amide bonds. The van der Waals surface area contributed by atoms with Crippen LogP contribution >= 0.6 is 0 Å². The molecule has 1 aromatic rings. The smallest absolute Gasteiger partial charge is 0.248 e. The number of rotatable bonds is 4. The molecule has 1 N–H and O–H groups in total. The number of anilines is 1. The van der Waals surface area contributed by atoms with Gasteiger partial charge in [0.05, 0.1) is 14.2 Å². The van der Waals surface area contributed by atoms with Crippen LogP contribution in [-0.2, 0) is 4.79 Å². The van der Waals surface area contributed by atoms with Gasteiger partial charge in [0.15, 0.2) is 0 Å². The topological polar surface area (TPSA) is 47.6 Å². The van der Waals surface area contributed by atoms with Crippen LogP contribution in [0.1, 0.15) is 13.8 Å². The monoisotopic (exact) mass is 235 g/mol. The number of carbonyl (C=O) groups excluding carboxylic acids is 1. The Balaban J connectivity index is 2.90. The third-order valence-corrected chi connectivity index (χ3v) is 2.04. The van der Waals surface area contributed by atoms with Crippen molar-refractivity contribution in [2.75, 3.05) is 19.5 Å². The van der Waals surface area contributed by atoms with Crippen molar-refractivity contribution in [3.05, 3.63) is 29.8 Å². The van der Waals surface area contributed by atoms with Gasteiger partial charge in [-0.25, -0.2) is 0 Å². The van der Waals surface area contributed by atoms with Crippen LogP contribution in [0.3, 0.4) is 0 Å². The average Bonchev–Trinajstić information content (AvgIpc) is 2.27. The summed E-state index contributed by atoms with van der Waals surface area (Å²) in [7, 11) is 3.13. The van der Waals surface area contributed by atoms with Crippen molar-refractivity contribution in [1.82, 2.24) is 0 Å². The van der Waals surface area contributed by atoms with Crippen LogP contribution in [0.25, 0.3) is 0 Å². The summed E-state index contributed by atoms with van der Waals surface area (Å²) < 4.78 is 10.2. The first-order valence-electron chi connectivity index (χ1n) is 5.24. The molecule has 0 fully saturated rings. The SMILES string of the molecule is COc1cc(NC(=O)C=C(C)C)cc(OC)c1. The fraction of sp³-hybridized carbons (Fsp3) is 0.308. The van der Waals surface area contributed by atoms with Crippen molar-refractivity contribution in [3.8, 4) is 11.5 Å². The maximum Gasteiger partial charge on any atom is 0.248 e. The Morgan fingerprint density at radius 3 is 2.06 bits per heavy atom. The van der Waals surface area contributed by atoms with Crippen molar-refractivity contribution >= 4 is 11.6 Å². The molecule has 0 radical (unpaired) electrons. The van der Waals surface area contributed by atoms with Crippen LogP contribution < -0.4 is 14.8 Å². The largest absolute Gasteiger partial charge is 0.497 e. The second-order valence-corrected chi connectivity index (χ2v) is 3.81. The molecular formula is C13H17NO3. The third kappa shape index (κ3) is 4.18. The van der Waals surface area contributed by atoms with E-state index in [9.17, 15) is 4.79 Å². The molecule has 0 aliphatic heterocycles. The third-order valence-electron chi connectivity index (χ3n) is 2.04.